The molecule has 0 saturated carbocycles. The quantitative estimate of drug-likeness (QED) is 0.680. The normalized spacial score (nSPS) is 37.3. The Hall–Kier alpha value is -0.490. The second-order valence-electron chi connectivity index (χ2n) is 4.05. The Morgan fingerprint density at radius 1 is 1.53 bits per heavy atom. The molecule has 1 heterocycles. The minimum atomic E-state index is -1.26. The lowest BCUT2D eigenvalue weighted by Crippen LogP contribution is -2.53. The van der Waals surface area contributed by atoms with E-state index in [0.717, 1.165) is 0 Å². The first-order valence-corrected chi connectivity index (χ1v) is 5.11. The highest BCUT2D eigenvalue weighted by Crippen LogP contribution is 2.23. The average molecular weight is 218 g/mol. The number of aliphatic hydroxyl groups excluding tert-OH is 2. The summed E-state index contributed by atoms with van der Waals surface area (Å²) >= 11 is 0. The van der Waals surface area contributed by atoms with Gasteiger partial charge in [-0.2, -0.15) is 0 Å². The largest absolute Gasteiger partial charge is 0.394 e. The molecule has 0 amide bonds. The Labute approximate surface area is 89.0 Å². The number of aliphatic hydroxyl groups is 2. The van der Waals surface area contributed by atoms with Crippen molar-refractivity contribution in [3.8, 4) is 0 Å². The molecule has 1 rings (SSSR count). The highest BCUT2D eigenvalue weighted by molar-refractivity contribution is 5.86. The number of Topliss-reactive ketones (excluding diaryl/α,β-unsaturated/α-hetero) is 1. The molecule has 1 aliphatic rings. The lowest BCUT2D eigenvalue weighted by atomic mass is 9.93. The van der Waals surface area contributed by atoms with E-state index in [-0.39, 0.29) is 18.5 Å². The summed E-state index contributed by atoms with van der Waals surface area (Å²) in [5, 5.41) is 18.6. The number of hydrogen-bond donors (Lipinski definition) is 2. The van der Waals surface area contributed by atoms with Gasteiger partial charge >= 0.3 is 0 Å². The molecule has 0 aromatic heterocycles. The van der Waals surface area contributed by atoms with Crippen molar-refractivity contribution in [1.29, 1.82) is 0 Å². The molecule has 1 aliphatic heterocycles. The predicted molar refractivity (Wildman–Crippen MR) is 52.1 cm³/mol. The third-order valence-corrected chi connectivity index (χ3v) is 2.45. The standard InChI is InChI=1S/C10H18O5/c1-5(2)14-10-9(13)8(12)6(3)7(4-11)15-10/h5-7,9-11,13H,4H2,1-3H3/t6-,7+,9+,10+/m0/s1. The molecular weight excluding hydrogens is 200 g/mol. The molecule has 4 atom stereocenters. The summed E-state index contributed by atoms with van der Waals surface area (Å²) in [5.41, 5.74) is 0. The van der Waals surface area contributed by atoms with Crippen LogP contribution in [-0.4, -0.2) is 47.2 Å². The summed E-state index contributed by atoms with van der Waals surface area (Å²) in [6.07, 6.45) is -2.97. The third-order valence-electron chi connectivity index (χ3n) is 2.45. The van der Waals surface area contributed by atoms with Gasteiger partial charge in [0.2, 0.25) is 0 Å². The molecule has 0 bridgehead atoms. The van der Waals surface area contributed by atoms with Crippen LogP contribution in [0, 0.1) is 5.92 Å². The van der Waals surface area contributed by atoms with E-state index < -0.39 is 24.4 Å². The molecule has 0 unspecified atom stereocenters. The van der Waals surface area contributed by atoms with Crippen LogP contribution in [-0.2, 0) is 14.3 Å². The second-order valence-corrected chi connectivity index (χ2v) is 4.05. The number of carbonyl (C=O) groups is 1. The summed E-state index contributed by atoms with van der Waals surface area (Å²) in [6, 6.07) is 0. The average Bonchev–Trinajstić information content (AvgIpc) is 2.18. The third kappa shape index (κ3) is 2.75. The molecule has 0 spiro atoms. The van der Waals surface area contributed by atoms with Crippen LogP contribution in [0.3, 0.4) is 0 Å². The topological polar surface area (TPSA) is 76.0 Å². The van der Waals surface area contributed by atoms with Crippen LogP contribution in [0.2, 0.25) is 0 Å². The van der Waals surface area contributed by atoms with E-state index in [4.69, 9.17) is 14.6 Å². The summed E-state index contributed by atoms with van der Waals surface area (Å²) < 4.78 is 10.5. The Morgan fingerprint density at radius 2 is 2.13 bits per heavy atom. The van der Waals surface area contributed by atoms with Crippen molar-refractivity contribution in [2.45, 2.75) is 45.4 Å². The molecule has 2 N–H and O–H groups in total. The van der Waals surface area contributed by atoms with E-state index in [1.807, 2.05) is 0 Å². The van der Waals surface area contributed by atoms with Crippen molar-refractivity contribution in [3.05, 3.63) is 0 Å². The van der Waals surface area contributed by atoms with Gasteiger partial charge in [-0.15, -0.1) is 0 Å². The van der Waals surface area contributed by atoms with Gasteiger partial charge in [-0.25, -0.2) is 0 Å². The summed E-state index contributed by atoms with van der Waals surface area (Å²) in [7, 11) is 0. The van der Waals surface area contributed by atoms with E-state index >= 15 is 0 Å². The maximum absolute atomic E-state index is 11.6. The highest BCUT2D eigenvalue weighted by Gasteiger charge is 2.42. The minimum absolute atomic E-state index is 0.148. The first-order chi connectivity index (χ1) is 6.97. The number of ether oxygens (including phenoxy) is 2. The maximum atomic E-state index is 11.6. The van der Waals surface area contributed by atoms with E-state index in [1.54, 1.807) is 20.8 Å². The van der Waals surface area contributed by atoms with Crippen molar-refractivity contribution >= 4 is 5.78 Å². The lowest BCUT2D eigenvalue weighted by molar-refractivity contribution is -0.256. The van der Waals surface area contributed by atoms with Gasteiger partial charge in [0, 0.05) is 5.92 Å². The second kappa shape index (κ2) is 5.03. The monoisotopic (exact) mass is 218 g/mol. The zero-order valence-corrected chi connectivity index (χ0v) is 9.21. The Morgan fingerprint density at radius 3 is 2.60 bits per heavy atom. The fourth-order valence-electron chi connectivity index (χ4n) is 1.53. The zero-order valence-electron chi connectivity index (χ0n) is 9.21. The van der Waals surface area contributed by atoms with Gasteiger partial charge in [0.25, 0.3) is 0 Å². The number of ketones is 1. The molecule has 88 valence electrons. The summed E-state index contributed by atoms with van der Waals surface area (Å²) in [4.78, 5) is 11.6. The molecule has 15 heavy (non-hydrogen) atoms. The van der Waals surface area contributed by atoms with E-state index in [9.17, 15) is 9.90 Å². The molecule has 1 fully saturated rings. The molecule has 0 aromatic rings. The molecular formula is C10H18O5. The van der Waals surface area contributed by atoms with Gasteiger partial charge in [-0.1, -0.05) is 6.92 Å². The van der Waals surface area contributed by atoms with Gasteiger partial charge in [0.15, 0.2) is 18.2 Å². The fourth-order valence-corrected chi connectivity index (χ4v) is 1.53. The first kappa shape index (κ1) is 12.6. The van der Waals surface area contributed by atoms with Gasteiger partial charge in [-0.05, 0) is 13.8 Å². The predicted octanol–water partition coefficient (Wildman–Crippen LogP) is -0.305. The van der Waals surface area contributed by atoms with Crippen LogP contribution < -0.4 is 0 Å². The Kier molecular flexibility index (Phi) is 4.21. The Balaban J connectivity index is 2.70. The highest BCUT2D eigenvalue weighted by atomic mass is 16.7. The van der Waals surface area contributed by atoms with Gasteiger partial charge in [-0.3, -0.25) is 4.79 Å². The molecule has 0 aromatic carbocycles. The molecule has 1 saturated heterocycles. The SMILES string of the molecule is CC(C)O[C@@H]1O[C@H](CO)[C@H](C)C(=O)[C@H]1O. The summed E-state index contributed by atoms with van der Waals surface area (Å²) in [5.74, 6) is -0.844. The van der Waals surface area contributed by atoms with Crippen molar-refractivity contribution in [2.24, 2.45) is 5.92 Å². The van der Waals surface area contributed by atoms with Crippen LogP contribution in [0.15, 0.2) is 0 Å². The van der Waals surface area contributed by atoms with Crippen LogP contribution in [0.25, 0.3) is 0 Å². The molecule has 5 nitrogen and oxygen atoms in total. The lowest BCUT2D eigenvalue weighted by Gasteiger charge is -2.36. The van der Waals surface area contributed by atoms with Crippen LogP contribution >= 0.6 is 0 Å². The van der Waals surface area contributed by atoms with Gasteiger partial charge < -0.3 is 19.7 Å². The minimum Gasteiger partial charge on any atom is -0.394 e. The van der Waals surface area contributed by atoms with Crippen LogP contribution in [0.4, 0.5) is 0 Å². The number of carbonyl (C=O) groups excluding carboxylic acids is 1. The zero-order chi connectivity index (χ0) is 11.6. The van der Waals surface area contributed by atoms with Gasteiger partial charge in [0.1, 0.15) is 0 Å². The smallest absolute Gasteiger partial charge is 0.191 e. The van der Waals surface area contributed by atoms with Crippen LogP contribution in [0.5, 0.6) is 0 Å². The molecule has 0 aliphatic carbocycles. The van der Waals surface area contributed by atoms with Crippen molar-refractivity contribution in [1.82, 2.24) is 0 Å². The van der Waals surface area contributed by atoms with E-state index in [2.05, 4.69) is 0 Å². The molecule has 5 heteroatoms. The number of hydrogen-bond acceptors (Lipinski definition) is 5. The van der Waals surface area contributed by atoms with Crippen LogP contribution in [0.1, 0.15) is 20.8 Å². The number of rotatable bonds is 3. The van der Waals surface area contributed by atoms with Crippen molar-refractivity contribution in [3.63, 3.8) is 0 Å². The van der Waals surface area contributed by atoms with E-state index in [0.29, 0.717) is 0 Å². The maximum Gasteiger partial charge on any atom is 0.191 e. The van der Waals surface area contributed by atoms with E-state index in [1.165, 1.54) is 0 Å². The summed E-state index contributed by atoms with van der Waals surface area (Å²) in [6.45, 7) is 4.94. The molecule has 0 radical (unpaired) electrons. The van der Waals surface area contributed by atoms with Gasteiger partial charge in [0.05, 0.1) is 18.8 Å². The van der Waals surface area contributed by atoms with Crippen molar-refractivity contribution in [2.75, 3.05) is 6.61 Å². The fraction of sp³-hybridized carbons (Fsp3) is 0.900. The first-order valence-electron chi connectivity index (χ1n) is 5.11. The van der Waals surface area contributed by atoms with Crippen molar-refractivity contribution < 1.29 is 24.5 Å². The Bertz CT molecular complexity index is 228.